The van der Waals surface area contributed by atoms with Gasteiger partial charge < -0.3 is 0 Å². The first-order chi connectivity index (χ1) is 8.22. The number of fused-ring (bicyclic) bond motifs is 1. The van der Waals surface area contributed by atoms with Crippen LogP contribution < -0.4 is 0 Å². The molecule has 0 bridgehead atoms. The minimum atomic E-state index is -0.254. The molecular weight excluding hydrogens is 259 g/mol. The van der Waals surface area contributed by atoms with E-state index in [0.29, 0.717) is 5.15 Å². The quantitative estimate of drug-likeness (QED) is 0.617. The van der Waals surface area contributed by atoms with Crippen LogP contribution in [-0.4, -0.2) is 9.97 Å². The Bertz CT molecular complexity index is 679. The molecule has 2 aromatic heterocycles. The summed E-state index contributed by atoms with van der Waals surface area (Å²) in [5.41, 5.74) is 1.68. The number of halogens is 2. The third-order valence-corrected chi connectivity index (χ3v) is 3.54. The molecule has 2 nitrogen and oxygen atoms in total. The van der Waals surface area contributed by atoms with Crippen LogP contribution >= 0.6 is 22.9 Å². The van der Waals surface area contributed by atoms with Gasteiger partial charge in [-0.25, -0.2) is 14.4 Å². The number of pyridine rings is 1. The lowest BCUT2D eigenvalue weighted by Gasteiger charge is -1.93. The van der Waals surface area contributed by atoms with Gasteiger partial charge in [-0.05, 0) is 36.4 Å². The maximum absolute atomic E-state index is 12.8. The average Bonchev–Trinajstić information content (AvgIpc) is 2.72. The highest BCUT2D eigenvalue weighted by molar-refractivity contribution is 7.21. The second-order valence-electron chi connectivity index (χ2n) is 3.48. The summed E-state index contributed by atoms with van der Waals surface area (Å²) in [4.78, 5) is 9.40. The summed E-state index contributed by atoms with van der Waals surface area (Å²) < 4.78 is 12.8. The topological polar surface area (TPSA) is 25.8 Å². The number of rotatable bonds is 1. The fourth-order valence-corrected chi connectivity index (χ4v) is 2.65. The van der Waals surface area contributed by atoms with Crippen LogP contribution in [0.5, 0.6) is 0 Å². The molecule has 0 aliphatic heterocycles. The van der Waals surface area contributed by atoms with Crippen molar-refractivity contribution < 1.29 is 4.39 Å². The van der Waals surface area contributed by atoms with Crippen LogP contribution in [-0.2, 0) is 0 Å². The summed E-state index contributed by atoms with van der Waals surface area (Å²) in [6.07, 6.45) is 0. The Labute approximate surface area is 106 Å². The molecule has 0 aliphatic rings. The molecule has 3 aromatic rings. The normalized spacial score (nSPS) is 10.9. The molecule has 3 rings (SSSR count). The maximum atomic E-state index is 12.8. The molecular formula is C12H6ClFN2S. The molecule has 0 N–H and O–H groups in total. The van der Waals surface area contributed by atoms with Crippen LogP contribution in [0.15, 0.2) is 36.4 Å². The molecule has 0 saturated carbocycles. The van der Waals surface area contributed by atoms with Crippen molar-refractivity contribution in [3.05, 3.63) is 47.4 Å². The van der Waals surface area contributed by atoms with E-state index < -0.39 is 0 Å². The van der Waals surface area contributed by atoms with Crippen LogP contribution in [0.25, 0.3) is 20.9 Å². The van der Waals surface area contributed by atoms with Crippen LogP contribution in [0.1, 0.15) is 0 Å². The third-order valence-electron chi connectivity index (χ3n) is 2.31. The summed E-state index contributed by atoms with van der Waals surface area (Å²) in [6.45, 7) is 0. The molecule has 0 amide bonds. The molecule has 2 heterocycles. The highest BCUT2D eigenvalue weighted by Gasteiger charge is 2.07. The van der Waals surface area contributed by atoms with Crippen molar-refractivity contribution in [2.45, 2.75) is 0 Å². The Balaban J connectivity index is 2.14. The highest BCUT2D eigenvalue weighted by Crippen LogP contribution is 2.29. The fraction of sp³-hybridized carbons (Fsp3) is 0. The number of nitrogens with zero attached hydrogens (tertiary/aromatic N) is 2. The summed E-state index contributed by atoms with van der Waals surface area (Å²) in [5, 5.41) is 1.27. The lowest BCUT2D eigenvalue weighted by molar-refractivity contribution is 0.628. The maximum Gasteiger partial charge on any atom is 0.145 e. The Morgan fingerprint density at radius 1 is 1.00 bits per heavy atom. The van der Waals surface area contributed by atoms with Gasteiger partial charge in [0.25, 0.3) is 0 Å². The van der Waals surface area contributed by atoms with Gasteiger partial charge in [-0.3, -0.25) is 0 Å². The van der Waals surface area contributed by atoms with Crippen molar-refractivity contribution in [3.63, 3.8) is 0 Å². The van der Waals surface area contributed by atoms with E-state index >= 15 is 0 Å². The minimum Gasteiger partial charge on any atom is -0.234 e. The van der Waals surface area contributed by atoms with Crippen LogP contribution in [0, 0.1) is 5.82 Å². The second-order valence-corrected chi connectivity index (χ2v) is 4.85. The van der Waals surface area contributed by atoms with E-state index in [1.54, 1.807) is 18.2 Å². The Morgan fingerprint density at radius 3 is 2.53 bits per heavy atom. The smallest absolute Gasteiger partial charge is 0.145 e. The van der Waals surface area contributed by atoms with E-state index in [4.69, 9.17) is 11.6 Å². The van der Waals surface area contributed by atoms with Gasteiger partial charge in [0.2, 0.25) is 0 Å². The number of hydrogen-bond donors (Lipinski definition) is 0. The Hall–Kier alpha value is -1.52. The predicted molar refractivity (Wildman–Crippen MR) is 67.8 cm³/mol. The zero-order valence-electron chi connectivity index (χ0n) is 8.52. The zero-order valence-corrected chi connectivity index (χ0v) is 10.1. The van der Waals surface area contributed by atoms with Crippen molar-refractivity contribution in [2.24, 2.45) is 0 Å². The first kappa shape index (κ1) is 10.6. The van der Waals surface area contributed by atoms with Crippen molar-refractivity contribution in [1.29, 1.82) is 0 Å². The molecule has 17 heavy (non-hydrogen) atoms. The highest BCUT2D eigenvalue weighted by atomic mass is 35.5. The summed E-state index contributed by atoms with van der Waals surface area (Å²) in [7, 11) is 0. The van der Waals surface area contributed by atoms with E-state index in [2.05, 4.69) is 9.97 Å². The first-order valence-electron chi connectivity index (χ1n) is 4.91. The molecule has 5 heteroatoms. The zero-order chi connectivity index (χ0) is 11.8. The standard InChI is InChI=1S/C12H6ClFN2S/c13-10-6-5-9-12(16-10)17-11(15-9)7-1-3-8(14)4-2-7/h1-6H. The fourth-order valence-electron chi connectivity index (χ4n) is 1.51. The number of thiazole rings is 1. The Kier molecular flexibility index (Phi) is 2.53. The molecule has 0 unspecified atom stereocenters. The molecule has 0 saturated heterocycles. The van der Waals surface area contributed by atoms with E-state index in [0.717, 1.165) is 20.9 Å². The van der Waals surface area contributed by atoms with Gasteiger partial charge in [0.15, 0.2) is 0 Å². The Morgan fingerprint density at radius 2 is 1.76 bits per heavy atom. The van der Waals surface area contributed by atoms with Gasteiger partial charge in [0.1, 0.15) is 26.3 Å². The van der Waals surface area contributed by atoms with E-state index in [-0.39, 0.29) is 5.82 Å². The molecule has 84 valence electrons. The van der Waals surface area contributed by atoms with Crippen LogP contribution in [0.2, 0.25) is 5.15 Å². The van der Waals surface area contributed by atoms with Gasteiger partial charge in [-0.1, -0.05) is 22.9 Å². The van der Waals surface area contributed by atoms with Crippen LogP contribution in [0.4, 0.5) is 4.39 Å². The van der Waals surface area contributed by atoms with Gasteiger partial charge in [0.05, 0.1) is 0 Å². The average molecular weight is 265 g/mol. The minimum absolute atomic E-state index is 0.254. The summed E-state index contributed by atoms with van der Waals surface area (Å²) >= 11 is 7.25. The van der Waals surface area contributed by atoms with E-state index in [1.165, 1.54) is 23.5 Å². The number of hydrogen-bond acceptors (Lipinski definition) is 3. The number of aromatic nitrogens is 2. The van der Waals surface area contributed by atoms with Gasteiger partial charge in [-0.2, -0.15) is 0 Å². The predicted octanol–water partition coefficient (Wildman–Crippen LogP) is 4.15. The van der Waals surface area contributed by atoms with E-state index in [1.807, 2.05) is 6.07 Å². The molecule has 0 spiro atoms. The summed E-state index contributed by atoms with van der Waals surface area (Å²) in [5.74, 6) is -0.254. The largest absolute Gasteiger partial charge is 0.234 e. The van der Waals surface area contributed by atoms with Crippen molar-refractivity contribution in [1.82, 2.24) is 9.97 Å². The molecule has 0 fully saturated rings. The molecule has 0 atom stereocenters. The number of benzene rings is 1. The lowest BCUT2D eigenvalue weighted by atomic mass is 10.2. The molecule has 0 radical (unpaired) electrons. The monoisotopic (exact) mass is 264 g/mol. The van der Waals surface area contributed by atoms with Gasteiger partial charge in [-0.15, -0.1) is 0 Å². The van der Waals surface area contributed by atoms with Crippen LogP contribution in [0.3, 0.4) is 0 Å². The molecule has 0 aliphatic carbocycles. The molecule has 1 aromatic carbocycles. The van der Waals surface area contributed by atoms with Crippen molar-refractivity contribution >= 4 is 33.3 Å². The second kappa shape index (κ2) is 4.05. The third kappa shape index (κ3) is 2.01. The van der Waals surface area contributed by atoms with Crippen molar-refractivity contribution in [2.75, 3.05) is 0 Å². The van der Waals surface area contributed by atoms with E-state index in [9.17, 15) is 4.39 Å². The van der Waals surface area contributed by atoms with Crippen molar-refractivity contribution in [3.8, 4) is 10.6 Å². The van der Waals surface area contributed by atoms with Gasteiger partial charge in [0, 0.05) is 5.56 Å². The lowest BCUT2D eigenvalue weighted by Crippen LogP contribution is -1.77. The SMILES string of the molecule is Fc1ccc(-c2nc3ccc(Cl)nc3s2)cc1. The summed E-state index contributed by atoms with van der Waals surface area (Å²) in [6, 6.07) is 9.78. The van der Waals surface area contributed by atoms with Gasteiger partial charge >= 0.3 is 0 Å². The first-order valence-corrected chi connectivity index (χ1v) is 6.11.